The number of rotatable bonds is 7. The summed E-state index contributed by atoms with van der Waals surface area (Å²) in [6.07, 6.45) is 27.0. The number of nitrogens with one attached hydrogen (secondary N) is 1. The molecule has 3 aliphatic carbocycles. The Morgan fingerprint density at radius 1 is 1.26 bits per heavy atom. The van der Waals surface area contributed by atoms with Crippen LogP contribution in [0.2, 0.25) is 0 Å². The molecule has 1 fully saturated rings. The van der Waals surface area contributed by atoms with Gasteiger partial charge in [-0.15, -0.1) is 6.42 Å². The first kappa shape index (κ1) is 22.5. The third-order valence-corrected chi connectivity index (χ3v) is 6.92. The number of hydrogen-bond acceptors (Lipinski definition) is 4. The van der Waals surface area contributed by atoms with Gasteiger partial charge in [0.25, 0.3) is 0 Å². The van der Waals surface area contributed by atoms with Crippen molar-refractivity contribution in [2.24, 2.45) is 5.92 Å². The Kier molecular flexibility index (Phi) is 6.54. The van der Waals surface area contributed by atoms with Crippen molar-refractivity contribution in [3.8, 4) is 12.3 Å². The van der Waals surface area contributed by atoms with Crippen LogP contribution in [0.3, 0.4) is 0 Å². The van der Waals surface area contributed by atoms with Gasteiger partial charge in [0.1, 0.15) is 17.3 Å². The van der Waals surface area contributed by atoms with E-state index in [1.165, 1.54) is 24.0 Å². The summed E-state index contributed by atoms with van der Waals surface area (Å²) < 4.78 is 6.36. The van der Waals surface area contributed by atoms with E-state index in [0.29, 0.717) is 5.92 Å². The molecule has 1 N–H and O–H groups in total. The SMILES string of the molecule is C#CC1=Cc2c(ccnc2NC2CCCc3oc(C(/C=C\C)=C/C(=C/CC)C4CC4)nc32)CC1. The van der Waals surface area contributed by atoms with E-state index in [9.17, 15) is 0 Å². The number of aryl methyl sites for hydroxylation is 2. The molecule has 0 bridgehead atoms. The summed E-state index contributed by atoms with van der Waals surface area (Å²) in [6.45, 7) is 4.24. The minimum atomic E-state index is 0.0748. The van der Waals surface area contributed by atoms with E-state index in [1.807, 2.05) is 13.1 Å². The smallest absolute Gasteiger partial charge is 0.226 e. The molecule has 0 aliphatic heterocycles. The molecule has 0 aromatic carbocycles. The number of nitrogens with zero attached hydrogens (tertiary/aromatic N) is 2. The first-order valence-corrected chi connectivity index (χ1v) is 12.7. The highest BCUT2D eigenvalue weighted by molar-refractivity contribution is 5.73. The normalized spacial score (nSPS) is 20.5. The number of anilines is 1. The van der Waals surface area contributed by atoms with Gasteiger partial charge in [-0.2, -0.15) is 0 Å². The number of terminal acetylenes is 1. The monoisotopic (exact) mass is 451 g/mol. The molecule has 4 nitrogen and oxygen atoms in total. The maximum absolute atomic E-state index is 6.36. The number of allylic oxidation sites excluding steroid dienone is 7. The lowest BCUT2D eigenvalue weighted by molar-refractivity contribution is 0.454. The second-order valence-electron chi connectivity index (χ2n) is 9.45. The van der Waals surface area contributed by atoms with Gasteiger partial charge in [0.05, 0.1) is 6.04 Å². The fourth-order valence-electron chi connectivity index (χ4n) is 5.02. The molecular weight excluding hydrogens is 418 g/mol. The third-order valence-electron chi connectivity index (χ3n) is 6.92. The fourth-order valence-corrected chi connectivity index (χ4v) is 5.02. The Morgan fingerprint density at radius 2 is 2.15 bits per heavy atom. The number of hydrogen-bond donors (Lipinski definition) is 1. The van der Waals surface area contributed by atoms with Gasteiger partial charge >= 0.3 is 0 Å². The van der Waals surface area contributed by atoms with Crippen molar-refractivity contribution in [2.45, 2.75) is 71.3 Å². The van der Waals surface area contributed by atoms with Crippen LogP contribution in [0.15, 0.2) is 52.1 Å². The Bertz CT molecular complexity index is 1230. The van der Waals surface area contributed by atoms with Crippen LogP contribution in [-0.4, -0.2) is 9.97 Å². The van der Waals surface area contributed by atoms with E-state index >= 15 is 0 Å². The van der Waals surface area contributed by atoms with Gasteiger partial charge in [0.2, 0.25) is 5.89 Å². The summed E-state index contributed by atoms with van der Waals surface area (Å²) in [5.74, 6) is 6.11. The average Bonchev–Trinajstić information content (AvgIpc) is 3.61. The molecule has 1 atom stereocenters. The molecule has 0 radical (unpaired) electrons. The Balaban J connectivity index is 1.46. The molecular formula is C30H33N3O. The first-order chi connectivity index (χ1) is 16.7. The van der Waals surface area contributed by atoms with E-state index in [0.717, 1.165) is 78.4 Å². The van der Waals surface area contributed by atoms with Gasteiger partial charge in [0, 0.05) is 29.3 Å². The summed E-state index contributed by atoms with van der Waals surface area (Å²) in [4.78, 5) is 9.70. The molecule has 2 heterocycles. The van der Waals surface area contributed by atoms with Crippen molar-refractivity contribution in [2.75, 3.05) is 5.32 Å². The van der Waals surface area contributed by atoms with Crippen LogP contribution < -0.4 is 5.32 Å². The summed E-state index contributed by atoms with van der Waals surface area (Å²) in [6, 6.07) is 2.17. The number of aromatic nitrogens is 2. The molecule has 0 amide bonds. The van der Waals surface area contributed by atoms with Gasteiger partial charge in [-0.1, -0.05) is 31.1 Å². The number of pyridine rings is 1. The maximum atomic E-state index is 6.36. The molecule has 0 spiro atoms. The standard InChI is InChI=1S/C30H33N3O/c1-4-8-23(21-14-15-21)19-24(9-5-2)30-33-28-26(10-7-11-27(28)34-30)32-29-25-18-20(6-3)12-13-22(25)16-17-31-29/h3,5,8-9,16-19,21,26H,4,7,10-15H2,1-2H3,(H,31,32)/b9-5-,23-8-,24-19+. The minimum absolute atomic E-state index is 0.0748. The van der Waals surface area contributed by atoms with Gasteiger partial charge in [-0.3, -0.25) is 0 Å². The lowest BCUT2D eigenvalue weighted by Crippen LogP contribution is -2.19. The van der Waals surface area contributed by atoms with E-state index in [4.69, 9.17) is 15.8 Å². The lowest BCUT2D eigenvalue weighted by Gasteiger charge is -2.24. The van der Waals surface area contributed by atoms with Crippen LogP contribution in [0.5, 0.6) is 0 Å². The van der Waals surface area contributed by atoms with Crippen molar-refractivity contribution >= 4 is 17.5 Å². The second kappa shape index (κ2) is 9.89. The minimum Gasteiger partial charge on any atom is -0.441 e. The van der Waals surface area contributed by atoms with Gasteiger partial charge in [-0.25, -0.2) is 9.97 Å². The van der Waals surface area contributed by atoms with Crippen LogP contribution in [0, 0.1) is 18.3 Å². The molecule has 34 heavy (non-hydrogen) atoms. The number of oxazole rings is 1. The van der Waals surface area contributed by atoms with Gasteiger partial charge in [-0.05, 0) is 87.1 Å². The largest absolute Gasteiger partial charge is 0.441 e. The molecule has 5 rings (SSSR count). The highest BCUT2D eigenvalue weighted by Gasteiger charge is 2.29. The van der Waals surface area contributed by atoms with Crippen LogP contribution in [0.4, 0.5) is 5.82 Å². The van der Waals surface area contributed by atoms with Crippen molar-refractivity contribution in [3.63, 3.8) is 0 Å². The predicted octanol–water partition coefficient (Wildman–Crippen LogP) is 7.23. The molecule has 4 heteroatoms. The van der Waals surface area contributed by atoms with E-state index < -0.39 is 0 Å². The Labute approximate surface area is 203 Å². The van der Waals surface area contributed by atoms with Crippen LogP contribution in [0.1, 0.15) is 86.9 Å². The first-order valence-electron chi connectivity index (χ1n) is 12.7. The lowest BCUT2D eigenvalue weighted by atomic mass is 9.92. The highest BCUT2D eigenvalue weighted by Crippen LogP contribution is 2.40. The Hall–Kier alpha value is -3.32. The summed E-state index contributed by atoms with van der Waals surface area (Å²) >= 11 is 0. The second-order valence-corrected chi connectivity index (χ2v) is 9.45. The quantitative estimate of drug-likeness (QED) is 0.356. The van der Waals surface area contributed by atoms with Crippen molar-refractivity contribution in [1.82, 2.24) is 9.97 Å². The molecule has 0 saturated heterocycles. The zero-order valence-electron chi connectivity index (χ0n) is 20.2. The average molecular weight is 452 g/mol. The molecule has 1 unspecified atom stereocenters. The molecule has 3 aliphatic rings. The topological polar surface area (TPSA) is 51.0 Å². The number of fused-ring (bicyclic) bond motifs is 2. The van der Waals surface area contributed by atoms with Crippen molar-refractivity contribution in [3.05, 3.63) is 76.2 Å². The zero-order chi connectivity index (χ0) is 23.5. The molecule has 1 saturated carbocycles. The predicted molar refractivity (Wildman–Crippen MR) is 139 cm³/mol. The van der Waals surface area contributed by atoms with Crippen LogP contribution >= 0.6 is 0 Å². The van der Waals surface area contributed by atoms with Gasteiger partial charge in [0.15, 0.2) is 0 Å². The summed E-state index contributed by atoms with van der Waals surface area (Å²) in [7, 11) is 0. The summed E-state index contributed by atoms with van der Waals surface area (Å²) in [5, 5.41) is 3.69. The van der Waals surface area contributed by atoms with Crippen LogP contribution in [0.25, 0.3) is 11.6 Å². The highest BCUT2D eigenvalue weighted by atomic mass is 16.4. The maximum Gasteiger partial charge on any atom is 0.226 e. The Morgan fingerprint density at radius 3 is 2.91 bits per heavy atom. The van der Waals surface area contributed by atoms with Crippen molar-refractivity contribution < 1.29 is 4.42 Å². The zero-order valence-corrected chi connectivity index (χ0v) is 20.2. The van der Waals surface area contributed by atoms with Crippen LogP contribution in [-0.2, 0) is 12.8 Å². The summed E-state index contributed by atoms with van der Waals surface area (Å²) in [5.41, 5.74) is 6.93. The van der Waals surface area contributed by atoms with E-state index in [-0.39, 0.29) is 6.04 Å². The molecule has 2 aromatic heterocycles. The van der Waals surface area contributed by atoms with Crippen molar-refractivity contribution in [1.29, 1.82) is 0 Å². The van der Waals surface area contributed by atoms with E-state index in [1.54, 1.807) is 0 Å². The van der Waals surface area contributed by atoms with Gasteiger partial charge < -0.3 is 9.73 Å². The van der Waals surface area contributed by atoms with E-state index in [2.05, 4.69) is 59.6 Å². The molecule has 174 valence electrons. The fraction of sp³-hybridized carbons (Fsp3) is 0.400. The third kappa shape index (κ3) is 4.66. The molecule has 2 aromatic rings.